The molecule has 2 aliphatic heterocycles. The van der Waals surface area contributed by atoms with Gasteiger partial charge in [-0.15, -0.1) is 0 Å². The van der Waals surface area contributed by atoms with Crippen molar-refractivity contribution in [2.45, 2.75) is 57.5 Å². The number of hydrogen-bond donors (Lipinski definition) is 1. The highest BCUT2D eigenvalue weighted by molar-refractivity contribution is 4.91. The van der Waals surface area contributed by atoms with Gasteiger partial charge in [-0.2, -0.15) is 0 Å². The SMILES string of the molecule is CC[C@@H]1CC[C@@H](CO)N2CCCC[C@@H]12. The van der Waals surface area contributed by atoms with Crippen LogP contribution < -0.4 is 0 Å². The first-order valence-corrected chi connectivity index (χ1v) is 6.23. The Morgan fingerprint density at radius 1 is 1.21 bits per heavy atom. The van der Waals surface area contributed by atoms with Crippen molar-refractivity contribution in [2.24, 2.45) is 5.92 Å². The smallest absolute Gasteiger partial charge is 0.0586 e. The monoisotopic (exact) mass is 197 g/mol. The summed E-state index contributed by atoms with van der Waals surface area (Å²) in [4.78, 5) is 2.60. The Labute approximate surface area is 87.3 Å². The summed E-state index contributed by atoms with van der Waals surface area (Å²) in [6, 6.07) is 1.27. The highest BCUT2D eigenvalue weighted by Gasteiger charge is 2.36. The molecule has 0 spiro atoms. The molecule has 0 unspecified atom stereocenters. The molecule has 82 valence electrons. The number of rotatable bonds is 2. The van der Waals surface area contributed by atoms with E-state index >= 15 is 0 Å². The molecule has 2 fully saturated rings. The van der Waals surface area contributed by atoms with Crippen LogP contribution >= 0.6 is 0 Å². The largest absolute Gasteiger partial charge is 0.395 e. The van der Waals surface area contributed by atoms with Crippen molar-refractivity contribution in [3.8, 4) is 0 Å². The van der Waals surface area contributed by atoms with E-state index in [0.29, 0.717) is 12.6 Å². The molecule has 1 N–H and O–H groups in total. The van der Waals surface area contributed by atoms with Gasteiger partial charge in [-0.3, -0.25) is 4.90 Å². The summed E-state index contributed by atoms with van der Waals surface area (Å²) in [6.45, 7) is 3.91. The van der Waals surface area contributed by atoms with Crippen LogP contribution in [-0.4, -0.2) is 35.2 Å². The summed E-state index contributed by atoms with van der Waals surface area (Å²) in [5, 5.41) is 9.35. The van der Waals surface area contributed by atoms with Crippen LogP contribution in [0.3, 0.4) is 0 Å². The Hall–Kier alpha value is -0.0800. The van der Waals surface area contributed by atoms with Gasteiger partial charge in [-0.1, -0.05) is 19.8 Å². The first-order valence-electron chi connectivity index (χ1n) is 6.23. The fourth-order valence-electron chi connectivity index (χ4n) is 3.38. The molecule has 0 saturated carbocycles. The number of nitrogens with zero attached hydrogens (tertiary/aromatic N) is 1. The number of aliphatic hydroxyl groups is 1. The van der Waals surface area contributed by atoms with Crippen molar-refractivity contribution in [1.29, 1.82) is 0 Å². The standard InChI is InChI=1S/C12H23NO/c1-2-10-6-7-11(9-14)13-8-4-3-5-12(10)13/h10-12,14H,2-9H2,1H3/t10-,11+,12+/m1/s1. The Bertz CT molecular complexity index is 163. The molecule has 0 aromatic carbocycles. The van der Waals surface area contributed by atoms with Gasteiger partial charge in [0.15, 0.2) is 0 Å². The Balaban J connectivity index is 2.05. The molecule has 14 heavy (non-hydrogen) atoms. The lowest BCUT2D eigenvalue weighted by Crippen LogP contribution is -2.54. The summed E-state index contributed by atoms with van der Waals surface area (Å²) >= 11 is 0. The predicted octanol–water partition coefficient (Wildman–Crippen LogP) is 2.02. The van der Waals surface area contributed by atoms with Crippen LogP contribution in [-0.2, 0) is 0 Å². The first kappa shape index (κ1) is 10.4. The molecule has 0 amide bonds. The zero-order valence-corrected chi connectivity index (χ0v) is 9.28. The number of piperidine rings is 2. The van der Waals surface area contributed by atoms with Crippen LogP contribution in [0.2, 0.25) is 0 Å². The van der Waals surface area contributed by atoms with Gasteiger partial charge in [0.2, 0.25) is 0 Å². The number of hydrogen-bond acceptors (Lipinski definition) is 2. The summed E-state index contributed by atoms with van der Waals surface area (Å²) in [5.74, 6) is 0.901. The van der Waals surface area contributed by atoms with Crippen molar-refractivity contribution in [3.63, 3.8) is 0 Å². The molecule has 0 aromatic heterocycles. The van der Waals surface area contributed by atoms with E-state index in [4.69, 9.17) is 0 Å². The Morgan fingerprint density at radius 3 is 2.79 bits per heavy atom. The zero-order valence-electron chi connectivity index (χ0n) is 9.28. The van der Waals surface area contributed by atoms with Crippen molar-refractivity contribution in [3.05, 3.63) is 0 Å². The van der Waals surface area contributed by atoms with E-state index in [2.05, 4.69) is 11.8 Å². The van der Waals surface area contributed by atoms with E-state index in [9.17, 15) is 5.11 Å². The molecule has 3 atom stereocenters. The van der Waals surface area contributed by atoms with E-state index < -0.39 is 0 Å². The third-order valence-corrected chi connectivity index (χ3v) is 4.21. The molecule has 2 aliphatic rings. The maximum Gasteiger partial charge on any atom is 0.0586 e. The molecule has 0 bridgehead atoms. The normalized spacial score (nSPS) is 39.4. The molecule has 0 aromatic rings. The van der Waals surface area contributed by atoms with Crippen LogP contribution in [0, 0.1) is 5.92 Å². The summed E-state index contributed by atoms with van der Waals surface area (Å²) in [7, 11) is 0. The molecule has 2 saturated heterocycles. The lowest BCUT2D eigenvalue weighted by atomic mass is 9.79. The van der Waals surface area contributed by atoms with E-state index in [1.807, 2.05) is 0 Å². The van der Waals surface area contributed by atoms with E-state index in [1.165, 1.54) is 45.1 Å². The molecule has 2 nitrogen and oxygen atoms in total. The van der Waals surface area contributed by atoms with Crippen molar-refractivity contribution in [1.82, 2.24) is 4.90 Å². The van der Waals surface area contributed by atoms with Gasteiger partial charge in [0.1, 0.15) is 0 Å². The molecule has 2 heteroatoms. The molecule has 2 rings (SSSR count). The molecular formula is C12H23NO. The summed E-state index contributed by atoms with van der Waals surface area (Å²) in [5.41, 5.74) is 0. The van der Waals surface area contributed by atoms with Gasteiger partial charge in [0.05, 0.1) is 6.61 Å². The van der Waals surface area contributed by atoms with Gasteiger partial charge in [-0.05, 0) is 38.1 Å². The maximum atomic E-state index is 9.35. The second kappa shape index (κ2) is 4.63. The summed E-state index contributed by atoms with van der Waals surface area (Å²) < 4.78 is 0. The van der Waals surface area contributed by atoms with E-state index in [1.54, 1.807) is 0 Å². The van der Waals surface area contributed by atoms with Gasteiger partial charge in [-0.25, -0.2) is 0 Å². The van der Waals surface area contributed by atoms with Crippen LogP contribution in [0.5, 0.6) is 0 Å². The van der Waals surface area contributed by atoms with Crippen LogP contribution in [0.1, 0.15) is 45.4 Å². The second-order valence-corrected chi connectivity index (χ2v) is 4.88. The Kier molecular flexibility index (Phi) is 3.45. The van der Waals surface area contributed by atoms with Crippen LogP contribution in [0.15, 0.2) is 0 Å². The second-order valence-electron chi connectivity index (χ2n) is 4.88. The van der Waals surface area contributed by atoms with Crippen LogP contribution in [0.25, 0.3) is 0 Å². The quantitative estimate of drug-likeness (QED) is 0.732. The molecule has 2 heterocycles. The lowest BCUT2D eigenvalue weighted by molar-refractivity contribution is -0.0119. The lowest BCUT2D eigenvalue weighted by Gasteiger charge is -2.48. The van der Waals surface area contributed by atoms with Gasteiger partial charge >= 0.3 is 0 Å². The number of fused-ring (bicyclic) bond motifs is 1. The number of aliphatic hydroxyl groups excluding tert-OH is 1. The van der Waals surface area contributed by atoms with Crippen molar-refractivity contribution >= 4 is 0 Å². The minimum absolute atomic E-state index is 0.368. The van der Waals surface area contributed by atoms with E-state index in [-0.39, 0.29) is 0 Å². The topological polar surface area (TPSA) is 23.5 Å². The fourth-order valence-corrected chi connectivity index (χ4v) is 3.38. The third kappa shape index (κ3) is 1.82. The maximum absolute atomic E-state index is 9.35. The minimum Gasteiger partial charge on any atom is -0.395 e. The minimum atomic E-state index is 0.368. The predicted molar refractivity (Wildman–Crippen MR) is 58.2 cm³/mol. The van der Waals surface area contributed by atoms with Crippen molar-refractivity contribution in [2.75, 3.05) is 13.2 Å². The highest BCUT2D eigenvalue weighted by atomic mass is 16.3. The third-order valence-electron chi connectivity index (χ3n) is 4.21. The Morgan fingerprint density at radius 2 is 2.07 bits per heavy atom. The van der Waals surface area contributed by atoms with E-state index in [0.717, 1.165) is 12.0 Å². The zero-order chi connectivity index (χ0) is 9.97. The molecular weight excluding hydrogens is 174 g/mol. The van der Waals surface area contributed by atoms with Crippen molar-refractivity contribution < 1.29 is 5.11 Å². The average Bonchev–Trinajstić information content (AvgIpc) is 2.27. The molecule has 0 radical (unpaired) electrons. The van der Waals surface area contributed by atoms with Gasteiger partial charge in [0.25, 0.3) is 0 Å². The summed E-state index contributed by atoms with van der Waals surface area (Å²) in [6.07, 6.45) is 7.97. The molecule has 0 aliphatic carbocycles. The average molecular weight is 197 g/mol. The van der Waals surface area contributed by atoms with Gasteiger partial charge < -0.3 is 5.11 Å². The first-order chi connectivity index (χ1) is 6.86. The fraction of sp³-hybridized carbons (Fsp3) is 1.00. The van der Waals surface area contributed by atoms with Gasteiger partial charge in [0, 0.05) is 12.1 Å². The highest BCUT2D eigenvalue weighted by Crippen LogP contribution is 2.35. The van der Waals surface area contributed by atoms with Crippen LogP contribution in [0.4, 0.5) is 0 Å².